The van der Waals surface area contributed by atoms with Gasteiger partial charge in [-0.15, -0.1) is 0 Å². The second-order valence-corrected chi connectivity index (χ2v) is 3.83. The molecular formula is C12H13N3O3. The average Bonchev–Trinajstić information content (AvgIpc) is 2.71. The third-order valence-electron chi connectivity index (χ3n) is 2.59. The van der Waals surface area contributed by atoms with E-state index in [4.69, 9.17) is 0 Å². The predicted molar refractivity (Wildman–Crippen MR) is 63.9 cm³/mol. The Labute approximate surface area is 104 Å². The molecule has 1 heterocycles. The van der Waals surface area contributed by atoms with Crippen molar-refractivity contribution in [3.05, 3.63) is 35.9 Å². The zero-order valence-electron chi connectivity index (χ0n) is 9.68. The highest BCUT2D eigenvalue weighted by Crippen LogP contribution is 1.99. The molecule has 0 aromatic heterocycles. The number of hydrogen-bond acceptors (Lipinski definition) is 3. The zero-order chi connectivity index (χ0) is 13.0. The number of carbonyl (C=O) groups excluding carboxylic acids is 3. The largest absolute Gasteiger partial charge is 0.350 e. The second kappa shape index (κ2) is 5.31. The van der Waals surface area contributed by atoms with Crippen molar-refractivity contribution in [2.45, 2.75) is 0 Å². The molecule has 0 radical (unpaired) electrons. The maximum absolute atomic E-state index is 11.7. The molecule has 1 fully saturated rings. The average molecular weight is 247 g/mol. The Morgan fingerprint density at radius 2 is 2.00 bits per heavy atom. The summed E-state index contributed by atoms with van der Waals surface area (Å²) >= 11 is 0. The molecule has 4 amide bonds. The lowest BCUT2D eigenvalue weighted by Crippen LogP contribution is -2.38. The summed E-state index contributed by atoms with van der Waals surface area (Å²) in [5.74, 6) is -0.489. The van der Waals surface area contributed by atoms with E-state index < -0.39 is 6.03 Å². The molecule has 0 saturated carbocycles. The summed E-state index contributed by atoms with van der Waals surface area (Å²) in [6.45, 7) is 0.460. The number of nitrogens with one attached hydrogen (secondary N) is 2. The van der Waals surface area contributed by atoms with Gasteiger partial charge in [-0.2, -0.15) is 0 Å². The van der Waals surface area contributed by atoms with Gasteiger partial charge in [0.15, 0.2) is 0 Å². The van der Waals surface area contributed by atoms with E-state index in [2.05, 4.69) is 10.6 Å². The van der Waals surface area contributed by atoms with Crippen molar-refractivity contribution in [2.75, 3.05) is 19.6 Å². The van der Waals surface area contributed by atoms with Gasteiger partial charge in [-0.3, -0.25) is 14.5 Å². The van der Waals surface area contributed by atoms with Crippen LogP contribution in [0.2, 0.25) is 0 Å². The third-order valence-corrected chi connectivity index (χ3v) is 2.59. The fourth-order valence-corrected chi connectivity index (χ4v) is 1.65. The van der Waals surface area contributed by atoms with E-state index in [1.54, 1.807) is 24.3 Å². The van der Waals surface area contributed by atoms with Crippen LogP contribution in [-0.2, 0) is 4.79 Å². The summed E-state index contributed by atoms with van der Waals surface area (Å²) < 4.78 is 0. The first-order chi connectivity index (χ1) is 8.68. The molecule has 0 bridgehead atoms. The van der Waals surface area contributed by atoms with Crippen LogP contribution in [0.1, 0.15) is 10.4 Å². The smallest absolute Gasteiger partial charge is 0.324 e. The molecule has 1 saturated heterocycles. The van der Waals surface area contributed by atoms with Crippen LogP contribution >= 0.6 is 0 Å². The van der Waals surface area contributed by atoms with Gasteiger partial charge < -0.3 is 10.6 Å². The molecule has 0 atom stereocenters. The number of urea groups is 1. The fraction of sp³-hybridized carbons (Fsp3) is 0.250. The van der Waals surface area contributed by atoms with E-state index in [1.165, 1.54) is 0 Å². The van der Waals surface area contributed by atoms with Crippen molar-refractivity contribution >= 4 is 17.8 Å². The Morgan fingerprint density at radius 3 is 2.61 bits per heavy atom. The van der Waals surface area contributed by atoms with E-state index in [9.17, 15) is 14.4 Å². The van der Waals surface area contributed by atoms with Crippen LogP contribution in [0, 0.1) is 0 Å². The van der Waals surface area contributed by atoms with Gasteiger partial charge in [-0.05, 0) is 12.1 Å². The van der Waals surface area contributed by atoms with Crippen molar-refractivity contribution in [2.24, 2.45) is 0 Å². The molecule has 6 heteroatoms. The summed E-state index contributed by atoms with van der Waals surface area (Å²) in [6, 6.07) is 8.35. The van der Waals surface area contributed by atoms with Crippen LogP contribution in [0.25, 0.3) is 0 Å². The predicted octanol–water partition coefficient (Wildman–Crippen LogP) is -0.0318. The molecule has 1 aliphatic heterocycles. The van der Waals surface area contributed by atoms with Crippen molar-refractivity contribution in [1.29, 1.82) is 0 Å². The van der Waals surface area contributed by atoms with E-state index in [-0.39, 0.29) is 31.4 Å². The van der Waals surface area contributed by atoms with Crippen molar-refractivity contribution < 1.29 is 14.4 Å². The van der Waals surface area contributed by atoms with Crippen LogP contribution in [0.4, 0.5) is 4.79 Å². The van der Waals surface area contributed by atoms with E-state index >= 15 is 0 Å². The summed E-state index contributed by atoms with van der Waals surface area (Å²) in [7, 11) is 0. The fourth-order valence-electron chi connectivity index (χ4n) is 1.65. The Bertz CT molecular complexity index is 457. The first-order valence-corrected chi connectivity index (χ1v) is 5.60. The lowest BCUT2D eigenvalue weighted by Gasteiger charge is -2.12. The number of nitrogens with zero attached hydrogens (tertiary/aromatic N) is 1. The maximum atomic E-state index is 11.7. The SMILES string of the molecule is O=C(NCCN1C(=O)CNC1=O)c1ccccc1. The molecule has 2 rings (SSSR count). The number of carbonyl (C=O) groups is 3. The van der Waals surface area contributed by atoms with Crippen LogP contribution in [0.3, 0.4) is 0 Å². The molecule has 0 unspecified atom stereocenters. The Hall–Kier alpha value is -2.37. The summed E-state index contributed by atoms with van der Waals surface area (Å²) in [5, 5.41) is 5.07. The number of rotatable bonds is 4. The summed E-state index contributed by atoms with van der Waals surface area (Å²) in [5.41, 5.74) is 0.551. The lowest BCUT2D eigenvalue weighted by molar-refractivity contribution is -0.124. The van der Waals surface area contributed by atoms with E-state index in [0.717, 1.165) is 4.90 Å². The third kappa shape index (κ3) is 2.65. The normalized spacial score (nSPS) is 14.6. The first-order valence-electron chi connectivity index (χ1n) is 5.60. The molecule has 1 aliphatic rings. The van der Waals surface area contributed by atoms with Gasteiger partial charge in [0, 0.05) is 18.7 Å². The molecule has 1 aromatic rings. The molecule has 0 aliphatic carbocycles. The van der Waals surface area contributed by atoms with Crippen molar-refractivity contribution in [3.8, 4) is 0 Å². The Kier molecular flexibility index (Phi) is 3.57. The van der Waals surface area contributed by atoms with Gasteiger partial charge in [0.05, 0.1) is 6.54 Å². The number of benzene rings is 1. The van der Waals surface area contributed by atoms with Crippen LogP contribution in [0.15, 0.2) is 30.3 Å². The van der Waals surface area contributed by atoms with Crippen LogP contribution < -0.4 is 10.6 Å². The highest BCUT2D eigenvalue weighted by atomic mass is 16.2. The summed E-state index contributed by atoms with van der Waals surface area (Å²) in [6.07, 6.45) is 0. The lowest BCUT2D eigenvalue weighted by atomic mass is 10.2. The van der Waals surface area contributed by atoms with Crippen molar-refractivity contribution in [1.82, 2.24) is 15.5 Å². The summed E-state index contributed by atoms with van der Waals surface area (Å²) in [4.78, 5) is 35.2. The highest BCUT2D eigenvalue weighted by Gasteiger charge is 2.27. The van der Waals surface area contributed by atoms with E-state index in [0.29, 0.717) is 5.56 Å². The monoisotopic (exact) mass is 247 g/mol. The minimum absolute atomic E-state index is 0.0332. The quantitative estimate of drug-likeness (QED) is 0.733. The number of hydrogen-bond donors (Lipinski definition) is 2. The standard InChI is InChI=1S/C12H13N3O3/c16-10-8-14-12(18)15(10)7-6-13-11(17)9-4-2-1-3-5-9/h1-5H,6-8H2,(H,13,17)(H,14,18). The van der Waals surface area contributed by atoms with E-state index in [1.807, 2.05) is 6.07 Å². The van der Waals surface area contributed by atoms with Crippen LogP contribution in [-0.4, -0.2) is 42.4 Å². The molecule has 2 N–H and O–H groups in total. The minimum Gasteiger partial charge on any atom is -0.350 e. The second-order valence-electron chi connectivity index (χ2n) is 3.83. The maximum Gasteiger partial charge on any atom is 0.324 e. The van der Waals surface area contributed by atoms with Gasteiger partial charge in [0.2, 0.25) is 5.91 Å². The molecule has 6 nitrogen and oxygen atoms in total. The molecule has 94 valence electrons. The molecule has 1 aromatic carbocycles. The molecular weight excluding hydrogens is 234 g/mol. The molecule has 0 spiro atoms. The van der Waals surface area contributed by atoms with Crippen LogP contribution in [0.5, 0.6) is 0 Å². The van der Waals surface area contributed by atoms with Gasteiger partial charge in [-0.1, -0.05) is 18.2 Å². The molecule has 18 heavy (non-hydrogen) atoms. The topological polar surface area (TPSA) is 78.5 Å². The Balaban J connectivity index is 1.81. The van der Waals surface area contributed by atoms with Gasteiger partial charge >= 0.3 is 6.03 Å². The minimum atomic E-state index is -0.408. The number of imide groups is 1. The first kappa shape index (κ1) is 12.1. The van der Waals surface area contributed by atoms with Gasteiger partial charge in [-0.25, -0.2) is 4.79 Å². The zero-order valence-corrected chi connectivity index (χ0v) is 9.68. The van der Waals surface area contributed by atoms with Crippen molar-refractivity contribution in [3.63, 3.8) is 0 Å². The Morgan fingerprint density at radius 1 is 1.28 bits per heavy atom. The van der Waals surface area contributed by atoms with Gasteiger partial charge in [0.25, 0.3) is 5.91 Å². The highest BCUT2D eigenvalue weighted by molar-refractivity contribution is 6.02. The van der Waals surface area contributed by atoms with Gasteiger partial charge in [0.1, 0.15) is 0 Å². The number of amides is 4.